The Morgan fingerprint density at radius 2 is 1.93 bits per heavy atom. The molecule has 1 rings (SSSR count). The first-order chi connectivity index (χ1) is 7.08. The van der Waals surface area contributed by atoms with E-state index in [1.165, 1.54) is 0 Å². The average molecular weight is 209 g/mol. The van der Waals surface area contributed by atoms with Gasteiger partial charge in [0.25, 0.3) is 0 Å². The number of carboxylic acid groups (broad SMARTS) is 1. The zero-order valence-electron chi connectivity index (χ0n) is 8.68. The first kappa shape index (κ1) is 11.5. The van der Waals surface area contributed by atoms with Gasteiger partial charge in [-0.05, 0) is 24.7 Å². The predicted molar refractivity (Wildman–Crippen MR) is 56.7 cm³/mol. The topological polar surface area (TPSA) is 60.8 Å². The highest BCUT2D eigenvalue weighted by Gasteiger charge is 2.03. The van der Waals surface area contributed by atoms with Crippen LogP contribution in [0.3, 0.4) is 0 Å². The van der Waals surface area contributed by atoms with Gasteiger partial charge in [0.05, 0.1) is 6.42 Å². The van der Waals surface area contributed by atoms with Gasteiger partial charge in [0, 0.05) is 13.1 Å². The number of benzene rings is 1. The minimum Gasteiger partial charge on any atom is -0.508 e. The normalized spacial score (nSPS) is 10.5. The van der Waals surface area contributed by atoms with Crippen LogP contribution in [-0.2, 0) is 11.3 Å². The molecule has 15 heavy (non-hydrogen) atoms. The summed E-state index contributed by atoms with van der Waals surface area (Å²) >= 11 is 0. The minimum atomic E-state index is -0.785. The average Bonchev–Trinajstić information content (AvgIpc) is 2.19. The van der Waals surface area contributed by atoms with Crippen molar-refractivity contribution in [2.24, 2.45) is 0 Å². The number of carboxylic acids is 1. The quantitative estimate of drug-likeness (QED) is 0.767. The highest BCUT2D eigenvalue weighted by Crippen LogP contribution is 2.10. The van der Waals surface area contributed by atoms with Gasteiger partial charge in [-0.1, -0.05) is 12.1 Å². The Labute approximate surface area is 88.8 Å². The summed E-state index contributed by atoms with van der Waals surface area (Å²) in [5.74, 6) is -0.542. The van der Waals surface area contributed by atoms with Gasteiger partial charge in [-0.15, -0.1) is 0 Å². The predicted octanol–water partition coefficient (Wildman–Crippen LogP) is 1.30. The van der Waals surface area contributed by atoms with Gasteiger partial charge >= 0.3 is 5.97 Å². The van der Waals surface area contributed by atoms with Gasteiger partial charge in [0.15, 0.2) is 0 Å². The molecule has 0 saturated heterocycles. The molecule has 0 fully saturated rings. The van der Waals surface area contributed by atoms with Crippen LogP contribution in [0.5, 0.6) is 5.75 Å². The van der Waals surface area contributed by atoms with Crippen LogP contribution in [0.15, 0.2) is 24.3 Å². The van der Waals surface area contributed by atoms with Crippen molar-refractivity contribution in [3.05, 3.63) is 29.8 Å². The number of phenolic OH excluding ortho intramolecular Hbond substituents is 1. The number of rotatable bonds is 5. The second kappa shape index (κ2) is 5.36. The molecule has 0 spiro atoms. The molecule has 0 amide bonds. The lowest BCUT2D eigenvalue weighted by Crippen LogP contribution is -2.21. The lowest BCUT2D eigenvalue weighted by atomic mass is 10.2. The summed E-state index contributed by atoms with van der Waals surface area (Å²) in [5, 5.41) is 17.6. The smallest absolute Gasteiger partial charge is 0.304 e. The maximum Gasteiger partial charge on any atom is 0.304 e. The van der Waals surface area contributed by atoms with Crippen LogP contribution in [-0.4, -0.2) is 34.7 Å². The fourth-order valence-electron chi connectivity index (χ4n) is 1.28. The summed E-state index contributed by atoms with van der Waals surface area (Å²) in [6.45, 7) is 1.21. The van der Waals surface area contributed by atoms with E-state index >= 15 is 0 Å². The van der Waals surface area contributed by atoms with Crippen LogP contribution >= 0.6 is 0 Å². The number of aliphatic carboxylic acids is 1. The summed E-state index contributed by atoms with van der Waals surface area (Å²) < 4.78 is 0. The van der Waals surface area contributed by atoms with Crippen molar-refractivity contribution in [2.45, 2.75) is 13.0 Å². The SMILES string of the molecule is CN(CCC(=O)O)Cc1ccc(O)cc1. The van der Waals surface area contributed by atoms with E-state index in [-0.39, 0.29) is 12.2 Å². The van der Waals surface area contributed by atoms with Gasteiger partial charge in [0.1, 0.15) is 5.75 Å². The van der Waals surface area contributed by atoms with E-state index in [2.05, 4.69) is 0 Å². The first-order valence-electron chi connectivity index (χ1n) is 4.76. The van der Waals surface area contributed by atoms with Gasteiger partial charge in [-0.3, -0.25) is 4.79 Å². The second-order valence-corrected chi connectivity index (χ2v) is 3.55. The molecule has 4 nitrogen and oxygen atoms in total. The Kier molecular flexibility index (Phi) is 4.12. The van der Waals surface area contributed by atoms with Crippen LogP contribution in [0.25, 0.3) is 0 Å². The Balaban J connectivity index is 2.40. The summed E-state index contributed by atoms with van der Waals surface area (Å²) in [7, 11) is 1.87. The van der Waals surface area contributed by atoms with E-state index < -0.39 is 5.97 Å². The molecule has 0 bridgehead atoms. The largest absolute Gasteiger partial charge is 0.508 e. The van der Waals surface area contributed by atoms with Crippen molar-refractivity contribution in [1.29, 1.82) is 0 Å². The molecule has 4 heteroatoms. The molecule has 2 N–H and O–H groups in total. The van der Waals surface area contributed by atoms with Crippen molar-refractivity contribution in [3.63, 3.8) is 0 Å². The van der Waals surface area contributed by atoms with Gasteiger partial charge in [-0.2, -0.15) is 0 Å². The standard InChI is InChI=1S/C11H15NO3/c1-12(7-6-11(14)15)8-9-2-4-10(13)5-3-9/h2-5,13H,6-8H2,1H3,(H,14,15). The fourth-order valence-corrected chi connectivity index (χ4v) is 1.28. The molecule has 0 aliphatic carbocycles. The zero-order valence-corrected chi connectivity index (χ0v) is 8.68. The monoisotopic (exact) mass is 209 g/mol. The lowest BCUT2D eigenvalue weighted by Gasteiger charge is -2.15. The number of hydrogen-bond acceptors (Lipinski definition) is 3. The third-order valence-electron chi connectivity index (χ3n) is 2.10. The summed E-state index contributed by atoms with van der Waals surface area (Å²) in [4.78, 5) is 12.3. The maximum absolute atomic E-state index is 10.3. The lowest BCUT2D eigenvalue weighted by molar-refractivity contribution is -0.137. The van der Waals surface area contributed by atoms with E-state index in [1.807, 2.05) is 24.1 Å². The van der Waals surface area contributed by atoms with Gasteiger partial charge in [0.2, 0.25) is 0 Å². The van der Waals surface area contributed by atoms with Gasteiger partial charge < -0.3 is 15.1 Å². The molecular formula is C11H15NO3. The molecular weight excluding hydrogens is 194 g/mol. The number of hydrogen-bond donors (Lipinski definition) is 2. The number of nitrogens with zero attached hydrogens (tertiary/aromatic N) is 1. The molecule has 0 aliphatic rings. The Hall–Kier alpha value is -1.55. The second-order valence-electron chi connectivity index (χ2n) is 3.55. The fraction of sp³-hybridized carbons (Fsp3) is 0.364. The van der Waals surface area contributed by atoms with Gasteiger partial charge in [-0.25, -0.2) is 0 Å². The molecule has 0 aliphatic heterocycles. The highest BCUT2D eigenvalue weighted by atomic mass is 16.4. The molecule has 0 aromatic heterocycles. The van der Waals surface area contributed by atoms with E-state index in [0.29, 0.717) is 13.1 Å². The van der Waals surface area contributed by atoms with Crippen molar-refractivity contribution in [2.75, 3.05) is 13.6 Å². The third-order valence-corrected chi connectivity index (χ3v) is 2.10. The Morgan fingerprint density at radius 1 is 1.33 bits per heavy atom. The van der Waals surface area contributed by atoms with Crippen molar-refractivity contribution >= 4 is 5.97 Å². The van der Waals surface area contributed by atoms with Crippen LogP contribution in [0.2, 0.25) is 0 Å². The summed E-state index contributed by atoms with van der Waals surface area (Å²) in [6, 6.07) is 6.90. The number of phenols is 1. The van der Waals surface area contributed by atoms with Crippen LogP contribution in [0.4, 0.5) is 0 Å². The number of carbonyl (C=O) groups is 1. The third kappa shape index (κ3) is 4.46. The molecule has 0 atom stereocenters. The molecule has 0 radical (unpaired) electrons. The Morgan fingerprint density at radius 3 is 2.47 bits per heavy atom. The molecule has 82 valence electrons. The first-order valence-corrected chi connectivity index (χ1v) is 4.76. The van der Waals surface area contributed by atoms with Crippen LogP contribution in [0, 0.1) is 0 Å². The molecule has 0 heterocycles. The molecule has 1 aromatic rings. The van der Waals surface area contributed by atoms with E-state index in [4.69, 9.17) is 10.2 Å². The van der Waals surface area contributed by atoms with E-state index in [0.717, 1.165) is 5.56 Å². The van der Waals surface area contributed by atoms with E-state index in [1.54, 1.807) is 12.1 Å². The minimum absolute atomic E-state index is 0.147. The maximum atomic E-state index is 10.3. The van der Waals surface area contributed by atoms with Crippen molar-refractivity contribution in [1.82, 2.24) is 4.90 Å². The molecule has 0 unspecified atom stereocenters. The summed E-state index contributed by atoms with van der Waals surface area (Å²) in [6.07, 6.45) is 0.147. The zero-order chi connectivity index (χ0) is 11.3. The summed E-state index contributed by atoms with van der Waals surface area (Å²) in [5.41, 5.74) is 1.06. The van der Waals surface area contributed by atoms with Crippen LogP contribution in [0.1, 0.15) is 12.0 Å². The van der Waals surface area contributed by atoms with Crippen LogP contribution < -0.4 is 0 Å². The molecule has 0 saturated carbocycles. The highest BCUT2D eigenvalue weighted by molar-refractivity contribution is 5.66. The van der Waals surface area contributed by atoms with E-state index in [9.17, 15) is 4.79 Å². The van der Waals surface area contributed by atoms with Crippen molar-refractivity contribution in [3.8, 4) is 5.75 Å². The van der Waals surface area contributed by atoms with Crippen molar-refractivity contribution < 1.29 is 15.0 Å². The Bertz CT molecular complexity index is 321. The molecule has 1 aromatic carbocycles. The number of aromatic hydroxyl groups is 1.